The van der Waals surface area contributed by atoms with Crippen molar-refractivity contribution in [2.45, 2.75) is 19.9 Å². The first kappa shape index (κ1) is 11.5. The second kappa shape index (κ2) is 4.88. The zero-order chi connectivity index (χ0) is 12.3. The zero-order valence-electron chi connectivity index (χ0n) is 10.1. The monoisotopic (exact) mass is 224 g/mol. The van der Waals surface area contributed by atoms with Crippen molar-refractivity contribution in [3.05, 3.63) is 36.4 Å². The number of anilines is 1. The summed E-state index contributed by atoms with van der Waals surface area (Å²) in [4.78, 5) is 4.54. The highest BCUT2D eigenvalue weighted by Gasteiger charge is 2.10. The summed E-state index contributed by atoms with van der Waals surface area (Å²) in [6.07, 6.45) is 5.49. The van der Waals surface area contributed by atoms with E-state index >= 15 is 0 Å². The van der Waals surface area contributed by atoms with Gasteiger partial charge < -0.3 is 5.32 Å². The first-order valence-electron chi connectivity index (χ1n) is 5.79. The molecule has 86 valence electrons. The molecule has 1 heterocycles. The molecule has 0 aliphatic heterocycles. The van der Waals surface area contributed by atoms with Crippen LogP contribution in [0.15, 0.2) is 36.4 Å². The highest BCUT2D eigenvalue weighted by Crippen LogP contribution is 2.16. The fourth-order valence-electron chi connectivity index (χ4n) is 1.71. The van der Waals surface area contributed by atoms with Gasteiger partial charge in [0.1, 0.15) is 5.82 Å². The second-order valence-electron chi connectivity index (χ2n) is 4.42. The minimum Gasteiger partial charge on any atom is -0.356 e. The predicted octanol–water partition coefficient (Wildman–Crippen LogP) is 3.30. The Morgan fingerprint density at radius 1 is 1.18 bits per heavy atom. The third-order valence-corrected chi connectivity index (χ3v) is 2.75. The van der Waals surface area contributed by atoms with Crippen LogP contribution in [0.3, 0.4) is 0 Å². The maximum absolute atomic E-state index is 5.49. The van der Waals surface area contributed by atoms with Crippen molar-refractivity contribution in [1.82, 2.24) is 4.98 Å². The lowest BCUT2D eigenvalue weighted by Crippen LogP contribution is -2.23. The molecule has 0 saturated heterocycles. The molecule has 1 aromatic heterocycles. The largest absolute Gasteiger partial charge is 0.356 e. The normalized spacial score (nSPS) is 12.4. The van der Waals surface area contributed by atoms with Gasteiger partial charge in [-0.05, 0) is 24.1 Å². The molecule has 1 unspecified atom stereocenters. The Labute approximate surface area is 102 Å². The molecule has 2 aromatic rings. The van der Waals surface area contributed by atoms with Gasteiger partial charge in [-0.1, -0.05) is 38.0 Å². The molecule has 0 spiro atoms. The molecule has 2 nitrogen and oxygen atoms in total. The standard InChI is InChI=1S/C15H16N2/c1-4-13(11(2)3)16-15-10-9-12-7-5-6-8-14(12)17-15/h1,5-11,13H,2-3H3,(H,16,17). The van der Waals surface area contributed by atoms with Crippen molar-refractivity contribution in [2.24, 2.45) is 5.92 Å². The molecule has 0 radical (unpaired) electrons. The molecular weight excluding hydrogens is 208 g/mol. The molecule has 1 atom stereocenters. The van der Waals surface area contributed by atoms with Crippen LogP contribution in [0.25, 0.3) is 10.9 Å². The number of nitrogens with zero attached hydrogens (tertiary/aromatic N) is 1. The van der Waals surface area contributed by atoms with E-state index in [9.17, 15) is 0 Å². The van der Waals surface area contributed by atoms with Crippen LogP contribution in [0, 0.1) is 18.3 Å². The average Bonchev–Trinajstić information content (AvgIpc) is 2.35. The van der Waals surface area contributed by atoms with Crippen LogP contribution >= 0.6 is 0 Å². The maximum atomic E-state index is 5.49. The van der Waals surface area contributed by atoms with E-state index in [0.29, 0.717) is 5.92 Å². The summed E-state index contributed by atoms with van der Waals surface area (Å²) in [5.74, 6) is 3.96. The minimum absolute atomic E-state index is 0.0173. The van der Waals surface area contributed by atoms with Crippen molar-refractivity contribution in [3.63, 3.8) is 0 Å². The number of para-hydroxylation sites is 1. The SMILES string of the molecule is C#CC(Nc1ccc2ccccc2n1)C(C)C. The van der Waals surface area contributed by atoms with Crippen molar-refractivity contribution in [1.29, 1.82) is 0 Å². The van der Waals surface area contributed by atoms with Crippen LogP contribution in [0.1, 0.15) is 13.8 Å². The molecule has 0 aliphatic rings. The summed E-state index contributed by atoms with van der Waals surface area (Å²) in [6, 6.07) is 12.1. The number of benzene rings is 1. The van der Waals surface area contributed by atoms with Gasteiger partial charge in [0.15, 0.2) is 0 Å². The average molecular weight is 224 g/mol. The van der Waals surface area contributed by atoms with Crippen LogP contribution in [-0.2, 0) is 0 Å². The van der Waals surface area contributed by atoms with Crippen LogP contribution in [0.5, 0.6) is 0 Å². The molecule has 1 aromatic carbocycles. The summed E-state index contributed by atoms with van der Waals surface area (Å²) in [6.45, 7) is 4.19. The highest BCUT2D eigenvalue weighted by atomic mass is 15.0. The molecule has 0 amide bonds. The Hall–Kier alpha value is -2.01. The summed E-state index contributed by atoms with van der Waals surface area (Å²) in [5.41, 5.74) is 0.983. The molecule has 2 heteroatoms. The lowest BCUT2D eigenvalue weighted by Gasteiger charge is -2.17. The van der Waals surface area contributed by atoms with Crippen LogP contribution in [0.2, 0.25) is 0 Å². The van der Waals surface area contributed by atoms with Gasteiger partial charge >= 0.3 is 0 Å². The first-order chi connectivity index (χ1) is 8.20. The van der Waals surface area contributed by atoms with Gasteiger partial charge in [-0.3, -0.25) is 0 Å². The number of fused-ring (bicyclic) bond motifs is 1. The van der Waals surface area contributed by atoms with E-state index in [-0.39, 0.29) is 6.04 Å². The third-order valence-electron chi connectivity index (χ3n) is 2.75. The molecule has 2 rings (SSSR count). The summed E-state index contributed by atoms with van der Waals surface area (Å²) < 4.78 is 0. The minimum atomic E-state index is 0.0173. The number of pyridine rings is 1. The van der Waals surface area contributed by atoms with Gasteiger partial charge in [-0.15, -0.1) is 6.42 Å². The molecule has 0 bridgehead atoms. The van der Waals surface area contributed by atoms with Gasteiger partial charge in [0.25, 0.3) is 0 Å². The maximum Gasteiger partial charge on any atom is 0.127 e. The number of aromatic nitrogens is 1. The van der Waals surface area contributed by atoms with Crippen LogP contribution < -0.4 is 5.32 Å². The quantitative estimate of drug-likeness (QED) is 0.809. The fourth-order valence-corrected chi connectivity index (χ4v) is 1.71. The Morgan fingerprint density at radius 2 is 1.94 bits per heavy atom. The van der Waals surface area contributed by atoms with E-state index in [0.717, 1.165) is 16.7 Å². The number of rotatable bonds is 3. The number of hydrogen-bond acceptors (Lipinski definition) is 2. The van der Waals surface area contributed by atoms with E-state index in [1.54, 1.807) is 0 Å². The van der Waals surface area contributed by atoms with E-state index in [1.807, 2.05) is 30.3 Å². The molecule has 17 heavy (non-hydrogen) atoms. The second-order valence-corrected chi connectivity index (χ2v) is 4.42. The molecule has 0 saturated carbocycles. The van der Waals surface area contributed by atoms with Crippen molar-refractivity contribution >= 4 is 16.7 Å². The summed E-state index contributed by atoms with van der Waals surface area (Å²) >= 11 is 0. The Morgan fingerprint density at radius 3 is 2.65 bits per heavy atom. The Bertz CT molecular complexity index is 552. The smallest absolute Gasteiger partial charge is 0.127 e. The zero-order valence-corrected chi connectivity index (χ0v) is 10.1. The first-order valence-corrected chi connectivity index (χ1v) is 5.79. The third kappa shape index (κ3) is 2.57. The van der Waals surface area contributed by atoms with Gasteiger partial charge in [0, 0.05) is 5.39 Å². The summed E-state index contributed by atoms with van der Waals surface area (Å²) in [7, 11) is 0. The van der Waals surface area contributed by atoms with Crippen molar-refractivity contribution in [2.75, 3.05) is 5.32 Å². The van der Waals surface area contributed by atoms with Gasteiger partial charge in [-0.25, -0.2) is 4.98 Å². The van der Waals surface area contributed by atoms with E-state index in [2.05, 4.69) is 36.1 Å². The fraction of sp³-hybridized carbons (Fsp3) is 0.267. The van der Waals surface area contributed by atoms with E-state index in [1.165, 1.54) is 0 Å². The number of nitrogens with one attached hydrogen (secondary N) is 1. The molecule has 0 aliphatic carbocycles. The molecule has 1 N–H and O–H groups in total. The number of hydrogen-bond donors (Lipinski definition) is 1. The Balaban J connectivity index is 2.28. The lowest BCUT2D eigenvalue weighted by molar-refractivity contribution is 0.613. The van der Waals surface area contributed by atoms with Gasteiger partial charge in [0.05, 0.1) is 11.6 Å². The van der Waals surface area contributed by atoms with E-state index < -0.39 is 0 Å². The lowest BCUT2D eigenvalue weighted by atomic mass is 10.1. The summed E-state index contributed by atoms with van der Waals surface area (Å²) in [5, 5.41) is 4.41. The van der Waals surface area contributed by atoms with Gasteiger partial charge in [-0.2, -0.15) is 0 Å². The van der Waals surface area contributed by atoms with Gasteiger partial charge in [0.2, 0.25) is 0 Å². The molecule has 0 fully saturated rings. The highest BCUT2D eigenvalue weighted by molar-refractivity contribution is 5.80. The van der Waals surface area contributed by atoms with Crippen molar-refractivity contribution in [3.8, 4) is 12.3 Å². The molecular formula is C15H16N2. The van der Waals surface area contributed by atoms with Crippen LogP contribution in [-0.4, -0.2) is 11.0 Å². The Kier molecular flexibility index (Phi) is 3.30. The topological polar surface area (TPSA) is 24.9 Å². The predicted molar refractivity (Wildman–Crippen MR) is 72.8 cm³/mol. The van der Waals surface area contributed by atoms with Crippen LogP contribution in [0.4, 0.5) is 5.82 Å². The van der Waals surface area contributed by atoms with Crippen molar-refractivity contribution < 1.29 is 0 Å². The number of terminal acetylenes is 1. The van der Waals surface area contributed by atoms with E-state index in [4.69, 9.17) is 6.42 Å².